The van der Waals surface area contributed by atoms with Gasteiger partial charge in [0.25, 0.3) is 0 Å². The van der Waals surface area contributed by atoms with Crippen molar-refractivity contribution < 1.29 is 9.84 Å². The summed E-state index contributed by atoms with van der Waals surface area (Å²) in [7, 11) is 0. The number of phenols is 1. The number of aromatic nitrogens is 3. The minimum atomic E-state index is 0.0796. The third-order valence-corrected chi connectivity index (χ3v) is 6.91. The van der Waals surface area contributed by atoms with Gasteiger partial charge in [-0.3, -0.25) is 0 Å². The van der Waals surface area contributed by atoms with E-state index in [1.165, 1.54) is 26.9 Å². The zero-order chi connectivity index (χ0) is 23.9. The molecule has 1 N–H and O–H groups in total. The van der Waals surface area contributed by atoms with Crippen LogP contribution in [0.2, 0.25) is 0 Å². The number of ether oxygens (including phenoxy) is 1. The maximum absolute atomic E-state index is 10.7. The van der Waals surface area contributed by atoms with Crippen LogP contribution >= 0.6 is 11.8 Å². The van der Waals surface area contributed by atoms with Gasteiger partial charge in [0.15, 0.2) is 16.8 Å². The zero-order valence-corrected chi connectivity index (χ0v) is 20.3. The quantitative estimate of drug-likeness (QED) is 0.200. The summed E-state index contributed by atoms with van der Waals surface area (Å²) in [5.74, 6) is 2.56. The van der Waals surface area contributed by atoms with Crippen molar-refractivity contribution in [3.63, 3.8) is 0 Å². The molecule has 5 nitrogen and oxygen atoms in total. The molecule has 0 aliphatic rings. The van der Waals surface area contributed by atoms with E-state index in [1.54, 1.807) is 23.9 Å². The van der Waals surface area contributed by atoms with Crippen LogP contribution in [0.5, 0.6) is 11.5 Å². The number of thioether (sulfide) groups is 1. The van der Waals surface area contributed by atoms with E-state index in [1.807, 2.05) is 13.0 Å². The fourth-order valence-corrected chi connectivity index (χ4v) is 5.24. The minimum Gasteiger partial charge on any atom is -0.507 e. The molecule has 0 aliphatic heterocycles. The summed E-state index contributed by atoms with van der Waals surface area (Å²) >= 11 is 1.56. The van der Waals surface area contributed by atoms with Gasteiger partial charge in [-0.15, -0.1) is 0 Å². The van der Waals surface area contributed by atoms with Gasteiger partial charge in [0.1, 0.15) is 11.5 Å². The number of aromatic hydroxyl groups is 1. The van der Waals surface area contributed by atoms with Crippen molar-refractivity contribution in [3.05, 3.63) is 72.8 Å². The first kappa shape index (κ1) is 21.6. The summed E-state index contributed by atoms with van der Waals surface area (Å²) in [6, 6.07) is 24.5. The highest BCUT2D eigenvalue weighted by Gasteiger charge is 2.17. The van der Waals surface area contributed by atoms with Gasteiger partial charge in [0.05, 0.1) is 12.2 Å². The molecular formula is C29H23N3O2S. The zero-order valence-electron chi connectivity index (χ0n) is 19.4. The van der Waals surface area contributed by atoms with E-state index in [2.05, 4.69) is 66.5 Å². The summed E-state index contributed by atoms with van der Waals surface area (Å²) in [6.45, 7) is 4.51. The van der Waals surface area contributed by atoms with Gasteiger partial charge >= 0.3 is 0 Å². The molecule has 6 heteroatoms. The number of phenolic OH excluding ortho intramolecular Hbond substituents is 1. The number of benzene rings is 5. The van der Waals surface area contributed by atoms with Crippen molar-refractivity contribution in [2.45, 2.75) is 19.0 Å². The highest BCUT2D eigenvalue weighted by atomic mass is 32.2. The third-order valence-electron chi connectivity index (χ3n) is 6.18. The van der Waals surface area contributed by atoms with Crippen LogP contribution in [0.4, 0.5) is 0 Å². The molecule has 0 aliphatic carbocycles. The summed E-state index contributed by atoms with van der Waals surface area (Å²) in [6.07, 6.45) is 0. The molecule has 0 radical (unpaired) electrons. The highest BCUT2D eigenvalue weighted by molar-refractivity contribution is 7.99. The molecule has 0 bridgehead atoms. The predicted octanol–water partition coefficient (Wildman–Crippen LogP) is 7.32. The molecular weight excluding hydrogens is 454 g/mol. The van der Waals surface area contributed by atoms with Crippen LogP contribution in [-0.2, 0) is 0 Å². The lowest BCUT2D eigenvalue weighted by atomic mass is 9.92. The predicted molar refractivity (Wildman–Crippen MR) is 144 cm³/mol. The molecule has 0 unspecified atom stereocenters. The Morgan fingerprint density at radius 1 is 0.743 bits per heavy atom. The first-order valence-electron chi connectivity index (χ1n) is 11.7. The molecule has 0 saturated carbocycles. The Labute approximate surface area is 207 Å². The number of rotatable bonds is 6. The van der Waals surface area contributed by atoms with Crippen molar-refractivity contribution in [2.24, 2.45) is 0 Å². The average Bonchev–Trinajstić information content (AvgIpc) is 2.87. The van der Waals surface area contributed by atoms with Gasteiger partial charge in [-0.1, -0.05) is 67.2 Å². The molecule has 5 aromatic carbocycles. The van der Waals surface area contributed by atoms with Crippen LogP contribution in [0.25, 0.3) is 55.1 Å². The van der Waals surface area contributed by atoms with E-state index >= 15 is 0 Å². The molecule has 172 valence electrons. The maximum atomic E-state index is 10.7. The standard InChI is InChI=1S/C29H23N3O2S/c1-3-34-20-12-15-23(24(33)16-20)28-30-27(31-29(32-28)35-4-2)22-14-11-19-9-8-17-6-5-7-18-10-13-21(22)26(19)25(17)18/h5-16,33H,3-4H2,1-2H3. The first-order chi connectivity index (χ1) is 17.2. The Kier molecular flexibility index (Phi) is 5.38. The monoisotopic (exact) mass is 477 g/mol. The summed E-state index contributed by atoms with van der Waals surface area (Å²) in [5, 5.41) is 18.6. The molecule has 1 heterocycles. The van der Waals surface area contributed by atoms with Crippen LogP contribution in [0.3, 0.4) is 0 Å². The molecule has 35 heavy (non-hydrogen) atoms. The molecule has 0 fully saturated rings. The van der Waals surface area contributed by atoms with E-state index < -0.39 is 0 Å². The molecule has 6 rings (SSSR count). The second-order valence-electron chi connectivity index (χ2n) is 8.28. The fourth-order valence-electron chi connectivity index (χ4n) is 4.68. The van der Waals surface area contributed by atoms with E-state index in [0.717, 1.165) is 16.7 Å². The molecule has 6 aromatic rings. The van der Waals surface area contributed by atoms with Gasteiger partial charge in [0.2, 0.25) is 0 Å². The van der Waals surface area contributed by atoms with Gasteiger partial charge < -0.3 is 9.84 Å². The van der Waals surface area contributed by atoms with Crippen LogP contribution in [0, 0.1) is 0 Å². The fraction of sp³-hybridized carbons (Fsp3) is 0.138. The Morgan fingerprint density at radius 2 is 1.40 bits per heavy atom. The lowest BCUT2D eigenvalue weighted by Crippen LogP contribution is -2.00. The first-order valence-corrected chi connectivity index (χ1v) is 12.7. The van der Waals surface area contributed by atoms with E-state index in [9.17, 15) is 5.11 Å². The number of hydrogen-bond donors (Lipinski definition) is 1. The Morgan fingerprint density at radius 3 is 2.11 bits per heavy atom. The Balaban J connectivity index is 1.58. The van der Waals surface area contributed by atoms with E-state index in [0.29, 0.717) is 34.7 Å². The largest absolute Gasteiger partial charge is 0.507 e. The van der Waals surface area contributed by atoms with Crippen molar-refractivity contribution in [3.8, 4) is 34.3 Å². The Bertz CT molecular complexity index is 1680. The molecule has 1 aromatic heterocycles. The van der Waals surface area contributed by atoms with Crippen molar-refractivity contribution in [1.82, 2.24) is 15.0 Å². The minimum absolute atomic E-state index is 0.0796. The second-order valence-corrected chi connectivity index (χ2v) is 9.51. The Hall–Kier alpha value is -3.90. The number of hydrogen-bond acceptors (Lipinski definition) is 6. The lowest BCUT2D eigenvalue weighted by molar-refractivity contribution is 0.338. The third kappa shape index (κ3) is 3.70. The van der Waals surface area contributed by atoms with E-state index in [4.69, 9.17) is 14.7 Å². The van der Waals surface area contributed by atoms with Crippen LogP contribution in [-0.4, -0.2) is 32.4 Å². The van der Waals surface area contributed by atoms with Crippen molar-refractivity contribution in [2.75, 3.05) is 12.4 Å². The number of nitrogens with zero attached hydrogens (tertiary/aromatic N) is 3. The second kappa shape index (κ2) is 8.71. The van der Waals surface area contributed by atoms with Crippen LogP contribution < -0.4 is 4.74 Å². The molecule has 0 atom stereocenters. The SMILES string of the molecule is CCOc1ccc(-c2nc(SCC)nc(-c3ccc4ccc5cccc6ccc3c4c56)n2)c(O)c1. The summed E-state index contributed by atoms with van der Waals surface area (Å²) in [5.41, 5.74) is 1.50. The smallest absolute Gasteiger partial charge is 0.191 e. The van der Waals surface area contributed by atoms with Crippen LogP contribution in [0.1, 0.15) is 13.8 Å². The maximum Gasteiger partial charge on any atom is 0.191 e. The normalized spacial score (nSPS) is 11.6. The van der Waals surface area contributed by atoms with E-state index in [-0.39, 0.29) is 5.75 Å². The van der Waals surface area contributed by atoms with Gasteiger partial charge in [-0.2, -0.15) is 0 Å². The summed E-state index contributed by atoms with van der Waals surface area (Å²) in [4.78, 5) is 14.3. The topological polar surface area (TPSA) is 68.1 Å². The average molecular weight is 478 g/mol. The van der Waals surface area contributed by atoms with Crippen LogP contribution in [0.15, 0.2) is 78.0 Å². The van der Waals surface area contributed by atoms with Crippen molar-refractivity contribution in [1.29, 1.82) is 0 Å². The molecule has 0 spiro atoms. The lowest BCUT2D eigenvalue weighted by Gasteiger charge is -2.14. The van der Waals surface area contributed by atoms with Gasteiger partial charge in [-0.25, -0.2) is 15.0 Å². The van der Waals surface area contributed by atoms with Gasteiger partial charge in [0, 0.05) is 11.6 Å². The highest BCUT2D eigenvalue weighted by Crippen LogP contribution is 2.39. The van der Waals surface area contributed by atoms with Crippen molar-refractivity contribution >= 4 is 44.1 Å². The van der Waals surface area contributed by atoms with Gasteiger partial charge in [-0.05, 0) is 63.2 Å². The summed E-state index contributed by atoms with van der Waals surface area (Å²) < 4.78 is 5.52. The molecule has 0 saturated heterocycles. The molecule has 0 amide bonds.